The Morgan fingerprint density at radius 2 is 2.06 bits per heavy atom. The molecule has 6 nitrogen and oxygen atoms in total. The van der Waals surface area contributed by atoms with Crippen molar-refractivity contribution in [2.24, 2.45) is 5.73 Å². The molecule has 0 radical (unpaired) electrons. The van der Waals surface area contributed by atoms with Crippen LogP contribution in [0.3, 0.4) is 0 Å². The maximum absolute atomic E-state index is 12.1. The van der Waals surface area contributed by atoms with Crippen molar-refractivity contribution in [3.63, 3.8) is 0 Å². The number of likely N-dealkylation sites (tertiary alicyclic amines) is 1. The quantitative estimate of drug-likeness (QED) is 0.749. The van der Waals surface area contributed by atoms with Gasteiger partial charge in [-0.25, -0.2) is 4.79 Å². The molecular formula is C12H22N2O4. The lowest BCUT2D eigenvalue weighted by atomic mass is 10.1. The van der Waals surface area contributed by atoms with E-state index >= 15 is 0 Å². The van der Waals surface area contributed by atoms with Crippen LogP contribution < -0.4 is 5.73 Å². The van der Waals surface area contributed by atoms with Gasteiger partial charge in [-0.2, -0.15) is 0 Å². The van der Waals surface area contributed by atoms with Crippen molar-refractivity contribution in [1.82, 2.24) is 4.90 Å². The Hall–Kier alpha value is -0.850. The van der Waals surface area contributed by atoms with Gasteiger partial charge in [0.15, 0.2) is 5.79 Å². The van der Waals surface area contributed by atoms with Crippen LogP contribution in [0.1, 0.15) is 27.2 Å². The fraction of sp³-hybridized carbons (Fsp3) is 0.917. The van der Waals surface area contributed by atoms with Gasteiger partial charge in [0.2, 0.25) is 0 Å². The Morgan fingerprint density at radius 1 is 1.44 bits per heavy atom. The van der Waals surface area contributed by atoms with Crippen molar-refractivity contribution in [2.75, 3.05) is 26.3 Å². The Morgan fingerprint density at radius 3 is 2.56 bits per heavy atom. The van der Waals surface area contributed by atoms with Crippen molar-refractivity contribution in [1.29, 1.82) is 0 Å². The summed E-state index contributed by atoms with van der Waals surface area (Å²) in [7, 11) is 0. The van der Waals surface area contributed by atoms with Gasteiger partial charge in [-0.3, -0.25) is 4.90 Å². The van der Waals surface area contributed by atoms with Gasteiger partial charge in [0, 0.05) is 13.0 Å². The fourth-order valence-corrected chi connectivity index (χ4v) is 2.37. The first-order valence-electron chi connectivity index (χ1n) is 6.33. The second-order valence-electron chi connectivity index (χ2n) is 5.81. The Bertz CT molecular complexity index is 321. The summed E-state index contributed by atoms with van der Waals surface area (Å²) in [6.45, 7) is 7.45. The van der Waals surface area contributed by atoms with Crippen LogP contribution >= 0.6 is 0 Å². The summed E-state index contributed by atoms with van der Waals surface area (Å²) in [5.41, 5.74) is 5.21. The molecule has 2 aliphatic rings. The minimum absolute atomic E-state index is 0.0852. The van der Waals surface area contributed by atoms with Gasteiger partial charge >= 0.3 is 6.09 Å². The summed E-state index contributed by atoms with van der Waals surface area (Å²) in [5.74, 6) is -0.666. The van der Waals surface area contributed by atoms with Crippen LogP contribution in [0.2, 0.25) is 0 Å². The Labute approximate surface area is 107 Å². The van der Waals surface area contributed by atoms with Crippen molar-refractivity contribution >= 4 is 6.09 Å². The largest absolute Gasteiger partial charge is 0.444 e. The second-order valence-corrected chi connectivity index (χ2v) is 5.81. The highest BCUT2D eigenvalue weighted by atomic mass is 16.7. The average molecular weight is 258 g/mol. The molecule has 6 heteroatoms. The molecule has 2 N–H and O–H groups in total. The third-order valence-electron chi connectivity index (χ3n) is 3.11. The summed E-state index contributed by atoms with van der Waals surface area (Å²) in [6.07, 6.45) is 0.261. The van der Waals surface area contributed by atoms with Crippen LogP contribution in [0, 0.1) is 0 Å². The van der Waals surface area contributed by atoms with Crippen molar-refractivity contribution in [2.45, 2.75) is 44.6 Å². The van der Waals surface area contributed by atoms with E-state index in [-0.39, 0.29) is 12.1 Å². The summed E-state index contributed by atoms with van der Waals surface area (Å²) in [4.78, 5) is 13.7. The molecule has 2 fully saturated rings. The zero-order valence-corrected chi connectivity index (χ0v) is 11.3. The van der Waals surface area contributed by atoms with Crippen LogP contribution in [0.25, 0.3) is 0 Å². The van der Waals surface area contributed by atoms with Crippen molar-refractivity contribution in [3.05, 3.63) is 0 Å². The van der Waals surface area contributed by atoms with Crippen LogP contribution in [0.15, 0.2) is 0 Å². The topological polar surface area (TPSA) is 74.0 Å². The lowest BCUT2D eigenvalue weighted by Crippen LogP contribution is -2.43. The number of carbonyl (C=O) groups excluding carboxylic acids is 1. The SMILES string of the molecule is CC(C)(C)OC(=O)N1CC2(CC1CN)OCCO2. The van der Waals surface area contributed by atoms with E-state index in [0.29, 0.717) is 32.7 Å². The minimum Gasteiger partial charge on any atom is -0.444 e. The van der Waals surface area contributed by atoms with Gasteiger partial charge in [0.25, 0.3) is 0 Å². The number of nitrogens with zero attached hydrogens (tertiary/aromatic N) is 1. The molecule has 1 unspecified atom stereocenters. The first-order valence-corrected chi connectivity index (χ1v) is 6.33. The molecule has 2 saturated heterocycles. The summed E-state index contributed by atoms with van der Waals surface area (Å²) >= 11 is 0. The van der Waals surface area contributed by atoms with E-state index in [1.165, 1.54) is 0 Å². The van der Waals surface area contributed by atoms with E-state index in [2.05, 4.69) is 0 Å². The Kier molecular flexibility index (Phi) is 3.53. The number of nitrogens with two attached hydrogens (primary N) is 1. The lowest BCUT2D eigenvalue weighted by Gasteiger charge is -2.28. The molecule has 104 valence electrons. The fourth-order valence-electron chi connectivity index (χ4n) is 2.37. The number of carbonyl (C=O) groups is 1. The first kappa shape index (κ1) is 13.6. The van der Waals surface area contributed by atoms with E-state index in [4.69, 9.17) is 19.9 Å². The highest BCUT2D eigenvalue weighted by Crippen LogP contribution is 2.35. The summed E-state index contributed by atoms with van der Waals surface area (Å²) < 4.78 is 16.6. The third-order valence-corrected chi connectivity index (χ3v) is 3.11. The molecule has 0 aromatic rings. The van der Waals surface area contributed by atoms with Gasteiger partial charge < -0.3 is 19.9 Å². The highest BCUT2D eigenvalue weighted by Gasteiger charge is 2.50. The second kappa shape index (κ2) is 4.68. The van der Waals surface area contributed by atoms with Gasteiger partial charge in [0.1, 0.15) is 5.60 Å². The molecule has 2 heterocycles. The molecule has 18 heavy (non-hydrogen) atoms. The van der Waals surface area contributed by atoms with Crippen molar-refractivity contribution in [3.8, 4) is 0 Å². The van der Waals surface area contributed by atoms with E-state index in [0.717, 1.165) is 0 Å². The number of hydrogen-bond acceptors (Lipinski definition) is 5. The van der Waals surface area contributed by atoms with E-state index in [1.54, 1.807) is 4.90 Å². The molecule has 1 amide bonds. The molecule has 2 aliphatic heterocycles. The molecule has 1 spiro atoms. The molecule has 2 rings (SSSR count). The van der Waals surface area contributed by atoms with Crippen LogP contribution in [0.4, 0.5) is 4.79 Å². The summed E-state index contributed by atoms with van der Waals surface area (Å²) in [5, 5.41) is 0. The molecule has 0 saturated carbocycles. The van der Waals surface area contributed by atoms with Crippen LogP contribution in [0.5, 0.6) is 0 Å². The van der Waals surface area contributed by atoms with Gasteiger partial charge in [-0.05, 0) is 20.8 Å². The highest BCUT2D eigenvalue weighted by molar-refractivity contribution is 5.69. The molecule has 0 bridgehead atoms. The van der Waals surface area contributed by atoms with E-state index in [1.807, 2.05) is 20.8 Å². The predicted octanol–water partition coefficient (Wildman–Crippen LogP) is 0.698. The lowest BCUT2D eigenvalue weighted by molar-refractivity contribution is -0.145. The number of ether oxygens (including phenoxy) is 3. The predicted molar refractivity (Wildman–Crippen MR) is 65.0 cm³/mol. The zero-order chi connectivity index (χ0) is 13.4. The zero-order valence-electron chi connectivity index (χ0n) is 11.3. The molecule has 0 aliphatic carbocycles. The first-order chi connectivity index (χ1) is 8.35. The monoisotopic (exact) mass is 258 g/mol. The molecule has 1 atom stereocenters. The number of rotatable bonds is 1. The van der Waals surface area contributed by atoms with Gasteiger partial charge in [0.05, 0.1) is 25.8 Å². The number of amides is 1. The van der Waals surface area contributed by atoms with Gasteiger partial charge in [-0.15, -0.1) is 0 Å². The van der Waals surface area contributed by atoms with Crippen LogP contribution in [-0.2, 0) is 14.2 Å². The maximum atomic E-state index is 12.1. The normalized spacial score (nSPS) is 26.9. The molecule has 0 aromatic carbocycles. The Balaban J connectivity index is 2.05. The average Bonchev–Trinajstić information content (AvgIpc) is 2.84. The minimum atomic E-state index is -0.666. The van der Waals surface area contributed by atoms with Gasteiger partial charge in [-0.1, -0.05) is 0 Å². The standard InChI is InChI=1S/C12H22N2O4/c1-11(2,3)18-10(15)14-8-12(6-9(14)7-13)16-4-5-17-12/h9H,4-8,13H2,1-3H3. The van der Waals surface area contributed by atoms with Crippen molar-refractivity contribution < 1.29 is 19.0 Å². The molecule has 0 aromatic heterocycles. The maximum Gasteiger partial charge on any atom is 0.410 e. The smallest absolute Gasteiger partial charge is 0.410 e. The van der Waals surface area contributed by atoms with Crippen LogP contribution in [-0.4, -0.2) is 54.7 Å². The molecular weight excluding hydrogens is 236 g/mol. The third kappa shape index (κ3) is 2.76. The number of hydrogen-bond donors (Lipinski definition) is 1. The summed E-state index contributed by atoms with van der Waals surface area (Å²) in [6, 6.07) is -0.0852. The van der Waals surface area contributed by atoms with E-state index in [9.17, 15) is 4.79 Å². The van der Waals surface area contributed by atoms with E-state index < -0.39 is 11.4 Å².